The number of pyridine rings is 1. The second kappa shape index (κ2) is 6.17. The molecular formula is C16H14N6O2. The standard InChI is InChI=1S/C16H14N6O2/c1-22(9-12-3-2-4-13-15(12)20-24-19-13)10-14-18-16(21-23-14)11-5-7-17-8-6-11/h2-8H,9-10H2,1H3. The summed E-state index contributed by atoms with van der Waals surface area (Å²) in [7, 11) is 1.97. The van der Waals surface area contributed by atoms with Gasteiger partial charge in [-0.3, -0.25) is 9.88 Å². The van der Waals surface area contributed by atoms with E-state index in [4.69, 9.17) is 9.15 Å². The van der Waals surface area contributed by atoms with E-state index < -0.39 is 0 Å². The van der Waals surface area contributed by atoms with Crippen molar-refractivity contribution in [3.05, 3.63) is 54.2 Å². The molecule has 0 aliphatic rings. The third-order valence-corrected chi connectivity index (χ3v) is 3.62. The molecule has 0 atom stereocenters. The van der Waals surface area contributed by atoms with Gasteiger partial charge < -0.3 is 4.52 Å². The van der Waals surface area contributed by atoms with Crippen molar-refractivity contribution in [2.75, 3.05) is 7.05 Å². The fraction of sp³-hybridized carbons (Fsp3) is 0.188. The van der Waals surface area contributed by atoms with Crippen LogP contribution in [0.4, 0.5) is 0 Å². The minimum absolute atomic E-state index is 0.528. The molecule has 3 heterocycles. The molecule has 4 aromatic rings. The van der Waals surface area contributed by atoms with E-state index in [0.717, 1.165) is 22.2 Å². The Morgan fingerprint density at radius 2 is 1.88 bits per heavy atom. The van der Waals surface area contributed by atoms with E-state index in [1.807, 2.05) is 37.4 Å². The number of rotatable bonds is 5. The van der Waals surface area contributed by atoms with Crippen molar-refractivity contribution in [1.29, 1.82) is 0 Å². The van der Waals surface area contributed by atoms with Crippen LogP contribution in [-0.4, -0.2) is 37.4 Å². The quantitative estimate of drug-likeness (QED) is 0.552. The number of benzene rings is 1. The van der Waals surface area contributed by atoms with E-state index in [1.165, 1.54) is 0 Å². The molecule has 0 bridgehead atoms. The van der Waals surface area contributed by atoms with E-state index in [2.05, 4.69) is 30.3 Å². The molecule has 0 N–H and O–H groups in total. The summed E-state index contributed by atoms with van der Waals surface area (Å²) >= 11 is 0. The molecule has 24 heavy (non-hydrogen) atoms. The molecule has 0 saturated carbocycles. The van der Waals surface area contributed by atoms with Crippen molar-refractivity contribution in [1.82, 2.24) is 30.3 Å². The molecule has 4 rings (SSSR count). The maximum absolute atomic E-state index is 5.33. The molecule has 0 aliphatic carbocycles. The van der Waals surface area contributed by atoms with Gasteiger partial charge in [-0.15, -0.1) is 0 Å². The fourth-order valence-corrected chi connectivity index (χ4v) is 2.50. The van der Waals surface area contributed by atoms with Crippen LogP contribution in [0.5, 0.6) is 0 Å². The lowest BCUT2D eigenvalue weighted by molar-refractivity contribution is 0.261. The van der Waals surface area contributed by atoms with Crippen LogP contribution < -0.4 is 0 Å². The fourth-order valence-electron chi connectivity index (χ4n) is 2.50. The molecule has 8 nitrogen and oxygen atoms in total. The highest BCUT2D eigenvalue weighted by Crippen LogP contribution is 2.18. The van der Waals surface area contributed by atoms with E-state index in [-0.39, 0.29) is 0 Å². The molecule has 3 aromatic heterocycles. The monoisotopic (exact) mass is 322 g/mol. The maximum atomic E-state index is 5.33. The highest BCUT2D eigenvalue weighted by Gasteiger charge is 2.13. The summed E-state index contributed by atoms with van der Waals surface area (Å²) in [6.45, 7) is 1.19. The first-order chi connectivity index (χ1) is 11.8. The first kappa shape index (κ1) is 14.5. The predicted octanol–water partition coefficient (Wildman–Crippen LogP) is 2.30. The molecule has 120 valence electrons. The minimum atomic E-state index is 0.528. The van der Waals surface area contributed by atoms with Gasteiger partial charge >= 0.3 is 0 Å². The third-order valence-electron chi connectivity index (χ3n) is 3.62. The molecule has 0 radical (unpaired) electrons. The summed E-state index contributed by atoms with van der Waals surface area (Å²) in [5.74, 6) is 1.11. The number of hydrogen-bond acceptors (Lipinski definition) is 8. The predicted molar refractivity (Wildman–Crippen MR) is 84.5 cm³/mol. The van der Waals surface area contributed by atoms with Gasteiger partial charge in [-0.25, -0.2) is 4.63 Å². The Bertz CT molecular complexity index is 949. The van der Waals surface area contributed by atoms with Gasteiger partial charge in [0.2, 0.25) is 11.7 Å². The summed E-state index contributed by atoms with van der Waals surface area (Å²) in [4.78, 5) is 10.5. The maximum Gasteiger partial charge on any atom is 0.241 e. The average molecular weight is 322 g/mol. The Hall–Kier alpha value is -3.13. The second-order valence-electron chi connectivity index (χ2n) is 5.47. The van der Waals surface area contributed by atoms with Gasteiger partial charge in [0.15, 0.2) is 0 Å². The van der Waals surface area contributed by atoms with Gasteiger partial charge in [-0.05, 0) is 41.1 Å². The van der Waals surface area contributed by atoms with Crippen molar-refractivity contribution >= 4 is 11.0 Å². The summed E-state index contributed by atoms with van der Waals surface area (Å²) in [5, 5.41) is 11.8. The largest absolute Gasteiger partial charge is 0.338 e. The highest BCUT2D eigenvalue weighted by atomic mass is 16.6. The lowest BCUT2D eigenvalue weighted by Gasteiger charge is -2.13. The number of aromatic nitrogens is 5. The van der Waals surface area contributed by atoms with Gasteiger partial charge in [-0.2, -0.15) is 4.98 Å². The minimum Gasteiger partial charge on any atom is -0.338 e. The van der Waals surface area contributed by atoms with Gasteiger partial charge in [0, 0.05) is 24.5 Å². The molecule has 0 saturated heterocycles. The van der Waals surface area contributed by atoms with Crippen molar-refractivity contribution in [2.24, 2.45) is 0 Å². The SMILES string of the molecule is CN(Cc1nc(-c2ccncc2)no1)Cc1cccc2nonc12. The van der Waals surface area contributed by atoms with Crippen LogP contribution in [0.1, 0.15) is 11.5 Å². The molecular weight excluding hydrogens is 308 g/mol. The van der Waals surface area contributed by atoms with Gasteiger partial charge in [0.1, 0.15) is 11.0 Å². The van der Waals surface area contributed by atoms with Crippen LogP contribution >= 0.6 is 0 Å². The van der Waals surface area contributed by atoms with Crippen LogP contribution in [0.25, 0.3) is 22.4 Å². The first-order valence-corrected chi connectivity index (χ1v) is 7.41. The van der Waals surface area contributed by atoms with Crippen LogP contribution in [0.3, 0.4) is 0 Å². The zero-order valence-electron chi connectivity index (χ0n) is 13.0. The number of nitrogens with zero attached hydrogens (tertiary/aromatic N) is 6. The Balaban J connectivity index is 1.48. The van der Waals surface area contributed by atoms with Gasteiger partial charge in [0.25, 0.3) is 0 Å². The zero-order chi connectivity index (χ0) is 16.4. The topological polar surface area (TPSA) is 94.0 Å². The van der Waals surface area contributed by atoms with Crippen molar-refractivity contribution in [3.63, 3.8) is 0 Å². The molecule has 1 aromatic carbocycles. The normalized spacial score (nSPS) is 11.4. The summed E-state index contributed by atoms with van der Waals surface area (Å²) in [6.07, 6.45) is 3.40. The lowest BCUT2D eigenvalue weighted by Crippen LogP contribution is -2.17. The van der Waals surface area contributed by atoms with Gasteiger partial charge in [0.05, 0.1) is 6.54 Å². The Labute approximate surface area is 137 Å². The molecule has 0 fully saturated rings. The molecule has 0 aliphatic heterocycles. The Morgan fingerprint density at radius 1 is 1.00 bits per heavy atom. The van der Waals surface area contributed by atoms with E-state index in [1.54, 1.807) is 12.4 Å². The Morgan fingerprint density at radius 3 is 2.75 bits per heavy atom. The van der Waals surface area contributed by atoms with Crippen LogP contribution in [0.15, 0.2) is 51.9 Å². The second-order valence-corrected chi connectivity index (χ2v) is 5.47. The van der Waals surface area contributed by atoms with E-state index in [9.17, 15) is 0 Å². The van der Waals surface area contributed by atoms with E-state index in [0.29, 0.717) is 24.8 Å². The molecule has 0 amide bonds. The lowest BCUT2D eigenvalue weighted by atomic mass is 10.2. The summed E-state index contributed by atoms with van der Waals surface area (Å²) in [6, 6.07) is 9.49. The first-order valence-electron chi connectivity index (χ1n) is 7.41. The smallest absolute Gasteiger partial charge is 0.241 e. The summed E-state index contributed by atoms with van der Waals surface area (Å²) in [5.41, 5.74) is 3.43. The number of hydrogen-bond donors (Lipinski definition) is 0. The zero-order valence-corrected chi connectivity index (χ0v) is 13.0. The number of fused-ring (bicyclic) bond motifs is 1. The molecule has 0 spiro atoms. The van der Waals surface area contributed by atoms with Crippen LogP contribution in [0.2, 0.25) is 0 Å². The van der Waals surface area contributed by atoms with E-state index >= 15 is 0 Å². The van der Waals surface area contributed by atoms with Crippen LogP contribution in [0, 0.1) is 0 Å². The van der Waals surface area contributed by atoms with Crippen molar-refractivity contribution in [3.8, 4) is 11.4 Å². The van der Waals surface area contributed by atoms with Crippen LogP contribution in [-0.2, 0) is 13.1 Å². The van der Waals surface area contributed by atoms with Gasteiger partial charge in [-0.1, -0.05) is 17.3 Å². The molecule has 8 heteroatoms. The highest BCUT2D eigenvalue weighted by molar-refractivity contribution is 5.76. The average Bonchev–Trinajstić information content (AvgIpc) is 3.25. The van der Waals surface area contributed by atoms with Crippen molar-refractivity contribution < 1.29 is 9.15 Å². The third kappa shape index (κ3) is 2.86. The van der Waals surface area contributed by atoms with Crippen molar-refractivity contribution in [2.45, 2.75) is 13.1 Å². The summed E-state index contributed by atoms with van der Waals surface area (Å²) < 4.78 is 10.1. The molecule has 0 unspecified atom stereocenters. The Kier molecular flexibility index (Phi) is 3.72.